The van der Waals surface area contributed by atoms with Crippen molar-refractivity contribution in [3.05, 3.63) is 59.7 Å². The molecule has 0 saturated carbocycles. The summed E-state index contributed by atoms with van der Waals surface area (Å²) in [5.41, 5.74) is 7.87. The van der Waals surface area contributed by atoms with E-state index < -0.39 is 0 Å². The minimum absolute atomic E-state index is 0. The lowest BCUT2D eigenvalue weighted by Crippen LogP contribution is -2.09. The topological polar surface area (TPSA) is 68.3 Å². The van der Waals surface area contributed by atoms with E-state index in [1.54, 1.807) is 7.11 Å². The third-order valence-electron chi connectivity index (χ3n) is 3.16. The van der Waals surface area contributed by atoms with Crippen LogP contribution in [-0.4, -0.2) is 7.11 Å². The minimum Gasteiger partial charge on any atom is -0.493 e. The number of methoxy groups -OCH3 is 1. The highest BCUT2D eigenvalue weighted by Crippen LogP contribution is 2.31. The first kappa shape index (κ1) is 17.8. The molecule has 1 atom stereocenters. The van der Waals surface area contributed by atoms with E-state index in [2.05, 4.69) is 6.07 Å². The zero-order valence-electron chi connectivity index (χ0n) is 12.4. The summed E-state index contributed by atoms with van der Waals surface area (Å²) in [5, 5.41) is 8.70. The molecular weight excluding hydrogens is 300 g/mol. The first-order chi connectivity index (χ1) is 10.2. The lowest BCUT2D eigenvalue weighted by molar-refractivity contribution is 0.284. The molecule has 0 unspecified atom stereocenters. The van der Waals surface area contributed by atoms with Crippen LogP contribution in [0, 0.1) is 11.3 Å². The predicted octanol–water partition coefficient (Wildman–Crippen LogP) is 3.61. The lowest BCUT2D eigenvalue weighted by Gasteiger charge is -2.14. The van der Waals surface area contributed by atoms with Crippen molar-refractivity contribution in [2.45, 2.75) is 19.1 Å². The summed E-state index contributed by atoms with van der Waals surface area (Å²) < 4.78 is 11.1. The van der Waals surface area contributed by atoms with Crippen molar-refractivity contribution >= 4 is 12.4 Å². The van der Waals surface area contributed by atoms with Crippen LogP contribution in [-0.2, 0) is 6.61 Å². The summed E-state index contributed by atoms with van der Waals surface area (Å²) in [6.07, 6.45) is 0.271. The van der Waals surface area contributed by atoms with Crippen LogP contribution in [0.3, 0.4) is 0 Å². The molecule has 0 saturated heterocycles. The van der Waals surface area contributed by atoms with Gasteiger partial charge in [0, 0.05) is 6.04 Å². The molecule has 0 aliphatic rings. The average Bonchev–Trinajstić information content (AvgIpc) is 2.54. The van der Waals surface area contributed by atoms with E-state index in [1.807, 2.05) is 48.5 Å². The van der Waals surface area contributed by atoms with Crippen LogP contribution >= 0.6 is 12.4 Å². The van der Waals surface area contributed by atoms with Crippen LogP contribution in [0.1, 0.15) is 23.6 Å². The molecule has 2 N–H and O–H groups in total. The maximum absolute atomic E-state index is 8.70. The molecule has 0 heterocycles. The Kier molecular flexibility index (Phi) is 7.24. The molecule has 0 aromatic heterocycles. The summed E-state index contributed by atoms with van der Waals surface area (Å²) >= 11 is 0. The normalized spacial score (nSPS) is 11.0. The molecule has 2 rings (SSSR count). The number of benzene rings is 2. The number of rotatable bonds is 6. The van der Waals surface area contributed by atoms with Gasteiger partial charge in [0.1, 0.15) is 6.61 Å². The Hall–Kier alpha value is -2.22. The van der Waals surface area contributed by atoms with Crippen molar-refractivity contribution in [2.24, 2.45) is 5.73 Å². The Morgan fingerprint density at radius 1 is 1.14 bits per heavy atom. The van der Waals surface area contributed by atoms with E-state index >= 15 is 0 Å². The van der Waals surface area contributed by atoms with Gasteiger partial charge >= 0.3 is 0 Å². The van der Waals surface area contributed by atoms with Gasteiger partial charge in [-0.05, 0) is 23.3 Å². The Balaban J connectivity index is 0.00000242. The average molecular weight is 319 g/mol. The minimum atomic E-state index is -0.313. The number of nitrogens with two attached hydrogens (primary N) is 1. The fraction of sp³-hybridized carbons (Fsp3) is 0.235. The first-order valence-corrected chi connectivity index (χ1v) is 6.71. The van der Waals surface area contributed by atoms with Crippen LogP contribution < -0.4 is 15.2 Å². The molecule has 0 amide bonds. The van der Waals surface area contributed by atoms with Crippen LogP contribution in [0.25, 0.3) is 0 Å². The highest BCUT2D eigenvalue weighted by Gasteiger charge is 2.11. The maximum Gasteiger partial charge on any atom is 0.161 e. The summed E-state index contributed by atoms with van der Waals surface area (Å²) in [7, 11) is 1.59. The number of nitriles is 1. The Morgan fingerprint density at radius 2 is 1.86 bits per heavy atom. The van der Waals surface area contributed by atoms with E-state index in [0.29, 0.717) is 18.1 Å². The second-order valence-corrected chi connectivity index (χ2v) is 4.65. The molecular formula is C17H19ClN2O2. The quantitative estimate of drug-likeness (QED) is 0.883. The second-order valence-electron chi connectivity index (χ2n) is 4.65. The predicted molar refractivity (Wildman–Crippen MR) is 88.2 cm³/mol. The van der Waals surface area contributed by atoms with Gasteiger partial charge in [0.15, 0.2) is 11.5 Å². The lowest BCUT2D eigenvalue weighted by atomic mass is 10.0. The van der Waals surface area contributed by atoms with Crippen LogP contribution in [0.15, 0.2) is 48.5 Å². The fourth-order valence-electron chi connectivity index (χ4n) is 1.99. The SMILES string of the molecule is COc1cc([C@@H](N)CC#N)ccc1OCc1ccccc1.Cl. The standard InChI is InChI=1S/C17H18N2O2.ClH/c1-20-17-11-14(15(19)9-10-18)7-8-16(17)21-12-13-5-3-2-4-6-13;/h2-8,11,15H,9,12,19H2,1H3;1H/t15-;/m0./s1. The molecule has 0 fully saturated rings. The molecule has 0 radical (unpaired) electrons. The fourth-order valence-corrected chi connectivity index (χ4v) is 1.99. The number of nitrogens with zero attached hydrogens (tertiary/aromatic N) is 1. The summed E-state index contributed by atoms with van der Waals surface area (Å²) in [6, 6.07) is 17.2. The Labute approximate surface area is 136 Å². The summed E-state index contributed by atoms with van der Waals surface area (Å²) in [5.74, 6) is 1.28. The zero-order valence-corrected chi connectivity index (χ0v) is 13.2. The molecule has 0 bridgehead atoms. The van der Waals surface area contributed by atoms with E-state index in [4.69, 9.17) is 20.5 Å². The van der Waals surface area contributed by atoms with Crippen molar-refractivity contribution in [1.82, 2.24) is 0 Å². The zero-order chi connectivity index (χ0) is 15.1. The van der Waals surface area contributed by atoms with Gasteiger partial charge in [0.2, 0.25) is 0 Å². The highest BCUT2D eigenvalue weighted by atomic mass is 35.5. The summed E-state index contributed by atoms with van der Waals surface area (Å²) in [6.45, 7) is 0.473. The van der Waals surface area contributed by atoms with E-state index in [-0.39, 0.29) is 24.9 Å². The molecule has 116 valence electrons. The van der Waals surface area contributed by atoms with Gasteiger partial charge < -0.3 is 15.2 Å². The molecule has 0 aliphatic heterocycles. The molecule has 4 nitrogen and oxygen atoms in total. The van der Waals surface area contributed by atoms with Gasteiger partial charge in [-0.3, -0.25) is 0 Å². The Bertz CT molecular complexity index is 626. The maximum atomic E-state index is 8.70. The molecule has 2 aromatic rings. The van der Waals surface area contributed by atoms with E-state index in [0.717, 1.165) is 11.1 Å². The van der Waals surface area contributed by atoms with Crippen LogP contribution in [0.4, 0.5) is 0 Å². The number of halogens is 1. The van der Waals surface area contributed by atoms with Gasteiger partial charge in [0.25, 0.3) is 0 Å². The van der Waals surface area contributed by atoms with Gasteiger partial charge in [-0.25, -0.2) is 0 Å². The van der Waals surface area contributed by atoms with Crippen LogP contribution in [0.5, 0.6) is 11.5 Å². The first-order valence-electron chi connectivity index (χ1n) is 6.71. The smallest absolute Gasteiger partial charge is 0.161 e. The van der Waals surface area contributed by atoms with E-state index in [9.17, 15) is 0 Å². The molecule has 5 heteroatoms. The molecule has 0 spiro atoms. The summed E-state index contributed by atoms with van der Waals surface area (Å²) in [4.78, 5) is 0. The largest absolute Gasteiger partial charge is 0.493 e. The van der Waals surface area contributed by atoms with Gasteiger partial charge in [0.05, 0.1) is 19.6 Å². The second kappa shape index (κ2) is 8.93. The monoisotopic (exact) mass is 318 g/mol. The third kappa shape index (κ3) is 4.66. The molecule has 2 aromatic carbocycles. The number of hydrogen-bond acceptors (Lipinski definition) is 4. The van der Waals surface area contributed by atoms with Gasteiger partial charge in [-0.15, -0.1) is 12.4 Å². The van der Waals surface area contributed by atoms with Crippen molar-refractivity contribution in [1.29, 1.82) is 5.26 Å². The third-order valence-corrected chi connectivity index (χ3v) is 3.16. The van der Waals surface area contributed by atoms with Crippen LogP contribution in [0.2, 0.25) is 0 Å². The van der Waals surface area contributed by atoms with E-state index in [1.165, 1.54) is 0 Å². The van der Waals surface area contributed by atoms with Gasteiger partial charge in [-0.1, -0.05) is 36.4 Å². The number of ether oxygens (including phenoxy) is 2. The van der Waals surface area contributed by atoms with Crippen molar-refractivity contribution in [3.63, 3.8) is 0 Å². The van der Waals surface area contributed by atoms with Crippen molar-refractivity contribution in [2.75, 3.05) is 7.11 Å². The van der Waals surface area contributed by atoms with Crippen molar-refractivity contribution in [3.8, 4) is 17.6 Å². The molecule has 22 heavy (non-hydrogen) atoms. The number of hydrogen-bond donors (Lipinski definition) is 1. The Morgan fingerprint density at radius 3 is 2.50 bits per heavy atom. The van der Waals surface area contributed by atoms with Crippen molar-refractivity contribution < 1.29 is 9.47 Å². The highest BCUT2D eigenvalue weighted by molar-refractivity contribution is 5.85. The van der Waals surface area contributed by atoms with Gasteiger partial charge in [-0.2, -0.15) is 5.26 Å². The molecule has 0 aliphatic carbocycles.